The van der Waals surface area contributed by atoms with E-state index in [-0.39, 0.29) is 5.78 Å². The van der Waals surface area contributed by atoms with E-state index in [1.54, 1.807) is 6.20 Å². The molecule has 0 spiro atoms. The molecule has 4 rings (SSSR count). The minimum Gasteiger partial charge on any atom is -0.289 e. The Kier molecular flexibility index (Phi) is 2.03. The maximum atomic E-state index is 12.5. The van der Waals surface area contributed by atoms with Crippen molar-refractivity contribution in [2.45, 2.75) is 6.42 Å². The van der Waals surface area contributed by atoms with Crippen LogP contribution in [0.1, 0.15) is 27.0 Å². The normalized spacial score (nSPS) is 13.2. The molecule has 1 heterocycles. The number of fused-ring (bicyclic) bond motifs is 4. The van der Waals surface area contributed by atoms with Gasteiger partial charge in [0.2, 0.25) is 0 Å². The molecule has 0 aliphatic heterocycles. The van der Waals surface area contributed by atoms with Gasteiger partial charge in [0, 0.05) is 22.7 Å². The molecular formula is C16H10N2O. The highest BCUT2D eigenvalue weighted by Gasteiger charge is 2.24. The molecule has 0 N–H and O–H groups in total. The Hall–Kier alpha value is -2.55. The van der Waals surface area contributed by atoms with Crippen LogP contribution in [0.5, 0.6) is 0 Å². The molecule has 0 saturated heterocycles. The van der Waals surface area contributed by atoms with Crippen molar-refractivity contribution < 1.29 is 4.79 Å². The Morgan fingerprint density at radius 3 is 2.84 bits per heavy atom. The summed E-state index contributed by atoms with van der Waals surface area (Å²) in [7, 11) is 0. The second-order valence-electron chi connectivity index (χ2n) is 4.71. The summed E-state index contributed by atoms with van der Waals surface area (Å²) in [4.78, 5) is 20.8. The van der Waals surface area contributed by atoms with Crippen LogP contribution in [0.2, 0.25) is 0 Å². The van der Waals surface area contributed by atoms with Gasteiger partial charge in [0.15, 0.2) is 5.78 Å². The second-order valence-corrected chi connectivity index (χ2v) is 4.71. The van der Waals surface area contributed by atoms with E-state index in [1.807, 2.05) is 36.4 Å². The first-order valence-corrected chi connectivity index (χ1v) is 6.19. The average Bonchev–Trinajstić information content (AvgIpc) is 2.47. The largest absolute Gasteiger partial charge is 0.289 e. The van der Waals surface area contributed by atoms with E-state index in [0.29, 0.717) is 0 Å². The zero-order chi connectivity index (χ0) is 12.8. The summed E-state index contributed by atoms with van der Waals surface area (Å²) in [6.45, 7) is 0. The van der Waals surface area contributed by atoms with Gasteiger partial charge in [-0.1, -0.05) is 24.3 Å². The number of benzene rings is 2. The molecule has 3 heteroatoms. The summed E-state index contributed by atoms with van der Waals surface area (Å²) in [5.41, 5.74) is 4.60. The zero-order valence-electron chi connectivity index (χ0n) is 10.1. The highest BCUT2D eigenvalue weighted by Crippen LogP contribution is 2.31. The summed E-state index contributed by atoms with van der Waals surface area (Å²) in [6, 6.07) is 11.6. The molecule has 90 valence electrons. The van der Waals surface area contributed by atoms with Crippen LogP contribution < -0.4 is 0 Å². The molecule has 1 aromatic heterocycles. The molecule has 0 bridgehead atoms. The predicted molar refractivity (Wildman–Crippen MR) is 72.2 cm³/mol. The van der Waals surface area contributed by atoms with Crippen LogP contribution in [-0.4, -0.2) is 15.8 Å². The van der Waals surface area contributed by atoms with Gasteiger partial charge in [-0.05, 0) is 29.7 Å². The first kappa shape index (κ1) is 10.4. The van der Waals surface area contributed by atoms with Crippen LogP contribution in [0.25, 0.3) is 10.9 Å². The van der Waals surface area contributed by atoms with E-state index >= 15 is 0 Å². The third kappa shape index (κ3) is 1.41. The minimum atomic E-state index is 0.0996. The first-order chi connectivity index (χ1) is 9.34. The van der Waals surface area contributed by atoms with Crippen LogP contribution in [-0.2, 0) is 6.42 Å². The Morgan fingerprint density at radius 1 is 1.00 bits per heavy atom. The third-order valence-electron chi connectivity index (χ3n) is 3.68. The van der Waals surface area contributed by atoms with Crippen molar-refractivity contribution in [2.75, 3.05) is 0 Å². The summed E-state index contributed by atoms with van der Waals surface area (Å²) in [5, 5.41) is 0.975. The van der Waals surface area contributed by atoms with Crippen molar-refractivity contribution in [1.29, 1.82) is 0 Å². The van der Waals surface area contributed by atoms with Gasteiger partial charge in [0.05, 0.1) is 5.52 Å². The van der Waals surface area contributed by atoms with Gasteiger partial charge in [-0.3, -0.25) is 4.79 Å². The van der Waals surface area contributed by atoms with Gasteiger partial charge in [-0.2, -0.15) is 0 Å². The summed E-state index contributed by atoms with van der Waals surface area (Å²) in [6.07, 6.45) is 4.09. The van der Waals surface area contributed by atoms with E-state index in [4.69, 9.17) is 0 Å². The molecule has 2 aromatic carbocycles. The lowest BCUT2D eigenvalue weighted by Gasteiger charge is -2.19. The second kappa shape index (κ2) is 3.72. The topological polar surface area (TPSA) is 42.9 Å². The van der Waals surface area contributed by atoms with E-state index < -0.39 is 0 Å². The standard InChI is InChI=1S/C16H10N2O/c19-16-11-4-2-1-3-10(11)7-13-12(16)5-6-15-14(13)8-17-9-18-15/h1-6,8-9H,7H2. The molecule has 0 amide bonds. The maximum Gasteiger partial charge on any atom is 0.193 e. The molecule has 0 unspecified atom stereocenters. The smallest absolute Gasteiger partial charge is 0.193 e. The Balaban J connectivity index is 2.05. The Labute approximate surface area is 109 Å². The van der Waals surface area contributed by atoms with Crippen molar-refractivity contribution >= 4 is 16.7 Å². The number of carbonyl (C=O) groups excluding carboxylic acids is 1. The molecule has 0 fully saturated rings. The van der Waals surface area contributed by atoms with E-state index in [1.165, 1.54) is 6.33 Å². The van der Waals surface area contributed by atoms with E-state index in [0.717, 1.165) is 39.6 Å². The van der Waals surface area contributed by atoms with Crippen LogP contribution in [0.3, 0.4) is 0 Å². The molecule has 1 aliphatic rings. The number of nitrogens with zero attached hydrogens (tertiary/aromatic N) is 2. The van der Waals surface area contributed by atoms with Crippen LogP contribution in [0.4, 0.5) is 0 Å². The number of hydrogen-bond donors (Lipinski definition) is 0. The Bertz CT molecular complexity index is 824. The van der Waals surface area contributed by atoms with Gasteiger partial charge < -0.3 is 0 Å². The lowest BCUT2D eigenvalue weighted by Crippen LogP contribution is -2.15. The number of carbonyl (C=O) groups is 1. The first-order valence-electron chi connectivity index (χ1n) is 6.19. The average molecular weight is 246 g/mol. The fourth-order valence-corrected chi connectivity index (χ4v) is 2.75. The number of hydrogen-bond acceptors (Lipinski definition) is 3. The number of ketones is 1. The van der Waals surface area contributed by atoms with Gasteiger partial charge in [-0.25, -0.2) is 9.97 Å². The summed E-state index contributed by atoms with van der Waals surface area (Å²) >= 11 is 0. The molecular weight excluding hydrogens is 236 g/mol. The third-order valence-corrected chi connectivity index (χ3v) is 3.68. The molecule has 3 aromatic rings. The number of aromatic nitrogens is 2. The fraction of sp³-hybridized carbons (Fsp3) is 0.0625. The monoisotopic (exact) mass is 246 g/mol. The molecule has 1 aliphatic carbocycles. The van der Waals surface area contributed by atoms with Gasteiger partial charge in [0.25, 0.3) is 0 Å². The highest BCUT2D eigenvalue weighted by atomic mass is 16.1. The van der Waals surface area contributed by atoms with Crippen LogP contribution >= 0.6 is 0 Å². The lowest BCUT2D eigenvalue weighted by atomic mass is 9.83. The van der Waals surface area contributed by atoms with Crippen molar-refractivity contribution in [3.05, 3.63) is 71.2 Å². The van der Waals surface area contributed by atoms with Gasteiger partial charge in [-0.15, -0.1) is 0 Å². The Morgan fingerprint density at radius 2 is 1.89 bits per heavy atom. The molecule has 3 nitrogen and oxygen atoms in total. The van der Waals surface area contributed by atoms with Crippen molar-refractivity contribution in [1.82, 2.24) is 9.97 Å². The van der Waals surface area contributed by atoms with Gasteiger partial charge >= 0.3 is 0 Å². The molecule has 0 saturated carbocycles. The number of rotatable bonds is 0. The SMILES string of the molecule is O=C1c2ccccc2Cc2c1ccc1ncncc21. The molecule has 0 radical (unpaired) electrons. The maximum absolute atomic E-state index is 12.5. The zero-order valence-corrected chi connectivity index (χ0v) is 10.1. The summed E-state index contributed by atoms with van der Waals surface area (Å²) < 4.78 is 0. The predicted octanol–water partition coefficient (Wildman–Crippen LogP) is 2.77. The van der Waals surface area contributed by atoms with Gasteiger partial charge in [0.1, 0.15) is 6.33 Å². The molecule has 0 atom stereocenters. The van der Waals surface area contributed by atoms with Crippen molar-refractivity contribution in [3.8, 4) is 0 Å². The highest BCUT2D eigenvalue weighted by molar-refractivity contribution is 6.14. The summed E-state index contributed by atoms with van der Waals surface area (Å²) in [5.74, 6) is 0.0996. The van der Waals surface area contributed by atoms with Crippen LogP contribution in [0, 0.1) is 0 Å². The molecule has 19 heavy (non-hydrogen) atoms. The van der Waals surface area contributed by atoms with Crippen molar-refractivity contribution in [3.63, 3.8) is 0 Å². The fourth-order valence-electron chi connectivity index (χ4n) is 2.75. The van der Waals surface area contributed by atoms with Crippen LogP contribution in [0.15, 0.2) is 48.9 Å². The van der Waals surface area contributed by atoms with E-state index in [9.17, 15) is 4.79 Å². The van der Waals surface area contributed by atoms with E-state index in [2.05, 4.69) is 9.97 Å². The quantitative estimate of drug-likeness (QED) is 0.479. The minimum absolute atomic E-state index is 0.0996. The van der Waals surface area contributed by atoms with Crippen molar-refractivity contribution in [2.24, 2.45) is 0 Å². The lowest BCUT2D eigenvalue weighted by molar-refractivity contribution is 0.103.